The summed E-state index contributed by atoms with van der Waals surface area (Å²) in [4.78, 5) is 11.7. The molecule has 0 spiro atoms. The Morgan fingerprint density at radius 3 is 2.45 bits per heavy atom. The number of hydrogen-bond donors (Lipinski definition) is 2. The van der Waals surface area contributed by atoms with Crippen molar-refractivity contribution >= 4 is 11.6 Å². The zero-order valence-corrected chi connectivity index (χ0v) is 12.4. The van der Waals surface area contributed by atoms with Gasteiger partial charge in [0.05, 0.1) is 6.61 Å². The molecule has 0 bridgehead atoms. The van der Waals surface area contributed by atoms with Gasteiger partial charge in [-0.25, -0.2) is 0 Å². The van der Waals surface area contributed by atoms with Gasteiger partial charge in [-0.1, -0.05) is 0 Å². The van der Waals surface area contributed by atoms with Crippen molar-refractivity contribution < 1.29 is 14.3 Å². The minimum atomic E-state index is -0.323. The van der Waals surface area contributed by atoms with Crippen LogP contribution in [-0.4, -0.2) is 31.8 Å². The smallest absolute Gasteiger partial charge is 0.224 e. The first kappa shape index (κ1) is 16.5. The second-order valence-electron chi connectivity index (χ2n) is 5.40. The molecule has 0 heterocycles. The van der Waals surface area contributed by atoms with Crippen LogP contribution < -0.4 is 15.8 Å². The number of hydrogen-bond acceptors (Lipinski definition) is 4. The maximum atomic E-state index is 11.7. The van der Waals surface area contributed by atoms with Crippen molar-refractivity contribution in [3.63, 3.8) is 0 Å². The van der Waals surface area contributed by atoms with Crippen LogP contribution in [0, 0.1) is 0 Å². The lowest BCUT2D eigenvalue weighted by atomic mass is 10.00. The van der Waals surface area contributed by atoms with Gasteiger partial charge < -0.3 is 20.5 Å². The van der Waals surface area contributed by atoms with E-state index in [2.05, 4.69) is 5.32 Å². The van der Waals surface area contributed by atoms with Crippen molar-refractivity contribution in [2.24, 2.45) is 5.73 Å². The van der Waals surface area contributed by atoms with Crippen molar-refractivity contribution in [2.75, 3.05) is 25.6 Å². The van der Waals surface area contributed by atoms with Gasteiger partial charge in [-0.05, 0) is 44.5 Å². The molecule has 0 fully saturated rings. The number of methoxy groups -OCH3 is 1. The molecule has 0 aromatic heterocycles. The second kappa shape index (κ2) is 7.87. The van der Waals surface area contributed by atoms with Gasteiger partial charge in [0.25, 0.3) is 0 Å². The van der Waals surface area contributed by atoms with Crippen molar-refractivity contribution in [1.29, 1.82) is 0 Å². The van der Waals surface area contributed by atoms with Crippen LogP contribution in [0.15, 0.2) is 24.3 Å². The van der Waals surface area contributed by atoms with E-state index in [1.165, 1.54) is 0 Å². The second-order valence-corrected chi connectivity index (χ2v) is 5.40. The van der Waals surface area contributed by atoms with E-state index >= 15 is 0 Å². The number of nitrogens with one attached hydrogen (secondary N) is 1. The number of ether oxygens (including phenoxy) is 2. The summed E-state index contributed by atoms with van der Waals surface area (Å²) >= 11 is 0. The molecule has 20 heavy (non-hydrogen) atoms. The molecule has 5 heteroatoms. The number of nitrogens with two attached hydrogens (primary N) is 1. The van der Waals surface area contributed by atoms with Gasteiger partial charge in [-0.2, -0.15) is 0 Å². The number of amides is 1. The molecule has 0 aliphatic heterocycles. The Hall–Kier alpha value is -1.59. The monoisotopic (exact) mass is 280 g/mol. The van der Waals surface area contributed by atoms with Gasteiger partial charge in [0.1, 0.15) is 12.4 Å². The molecule has 1 aromatic rings. The van der Waals surface area contributed by atoms with Crippen LogP contribution in [0.3, 0.4) is 0 Å². The van der Waals surface area contributed by atoms with Crippen molar-refractivity contribution in [3.8, 4) is 5.75 Å². The quantitative estimate of drug-likeness (QED) is 0.716. The molecule has 1 aromatic carbocycles. The predicted molar refractivity (Wildman–Crippen MR) is 79.9 cm³/mol. The Labute approximate surface area is 120 Å². The largest absolute Gasteiger partial charge is 0.491 e. The molecule has 1 amide bonds. The summed E-state index contributed by atoms with van der Waals surface area (Å²) in [5.41, 5.74) is 6.28. The predicted octanol–water partition coefficient (Wildman–Crippen LogP) is 2.17. The Bertz CT molecular complexity index is 410. The Morgan fingerprint density at radius 1 is 1.25 bits per heavy atom. The lowest BCUT2D eigenvalue weighted by Crippen LogP contribution is -2.33. The summed E-state index contributed by atoms with van der Waals surface area (Å²) in [5, 5.41) is 2.83. The summed E-state index contributed by atoms with van der Waals surface area (Å²) in [6.45, 7) is 4.88. The topological polar surface area (TPSA) is 73.6 Å². The molecule has 0 aliphatic rings. The minimum absolute atomic E-state index is 0.0309. The highest BCUT2D eigenvalue weighted by Gasteiger charge is 2.13. The molecule has 0 saturated heterocycles. The molecule has 0 radical (unpaired) electrons. The molecule has 0 atom stereocenters. The van der Waals surface area contributed by atoms with Gasteiger partial charge in [0.2, 0.25) is 5.91 Å². The highest BCUT2D eigenvalue weighted by Crippen LogP contribution is 2.16. The van der Waals surface area contributed by atoms with Gasteiger partial charge in [0.15, 0.2) is 0 Å². The average molecular weight is 280 g/mol. The SMILES string of the molecule is COCCOc1ccc(NC(=O)CCC(C)(C)N)cc1. The highest BCUT2D eigenvalue weighted by molar-refractivity contribution is 5.90. The van der Waals surface area contributed by atoms with Crippen molar-refractivity contribution in [1.82, 2.24) is 0 Å². The number of anilines is 1. The van der Waals surface area contributed by atoms with Crippen LogP contribution in [0.4, 0.5) is 5.69 Å². The normalized spacial score (nSPS) is 11.2. The third-order valence-electron chi connectivity index (χ3n) is 2.69. The fraction of sp³-hybridized carbons (Fsp3) is 0.533. The zero-order chi connectivity index (χ0) is 15.0. The lowest BCUT2D eigenvalue weighted by Gasteiger charge is -2.17. The van der Waals surface area contributed by atoms with Crippen LogP contribution in [0.1, 0.15) is 26.7 Å². The fourth-order valence-electron chi connectivity index (χ4n) is 1.54. The third kappa shape index (κ3) is 7.11. The zero-order valence-electron chi connectivity index (χ0n) is 12.4. The minimum Gasteiger partial charge on any atom is -0.491 e. The molecule has 0 saturated carbocycles. The summed E-state index contributed by atoms with van der Waals surface area (Å²) in [6, 6.07) is 7.26. The molecule has 1 rings (SSSR count). The number of rotatable bonds is 8. The van der Waals surface area contributed by atoms with Gasteiger partial charge in [-0.15, -0.1) is 0 Å². The van der Waals surface area contributed by atoms with Crippen LogP contribution in [-0.2, 0) is 9.53 Å². The van der Waals surface area contributed by atoms with Crippen LogP contribution in [0.25, 0.3) is 0 Å². The van der Waals surface area contributed by atoms with E-state index < -0.39 is 0 Å². The molecule has 3 N–H and O–H groups in total. The van der Waals surface area contributed by atoms with E-state index in [1.807, 2.05) is 38.1 Å². The van der Waals surface area contributed by atoms with E-state index in [1.54, 1.807) is 7.11 Å². The number of benzene rings is 1. The van der Waals surface area contributed by atoms with Gasteiger partial charge in [-0.3, -0.25) is 4.79 Å². The summed E-state index contributed by atoms with van der Waals surface area (Å²) < 4.78 is 10.3. The first-order valence-corrected chi connectivity index (χ1v) is 6.71. The Kier molecular flexibility index (Phi) is 6.48. The number of carbonyl (C=O) groups excluding carboxylic acids is 1. The van der Waals surface area contributed by atoms with Crippen molar-refractivity contribution in [2.45, 2.75) is 32.2 Å². The van der Waals surface area contributed by atoms with Gasteiger partial charge >= 0.3 is 0 Å². The summed E-state index contributed by atoms with van der Waals surface area (Å²) in [6.07, 6.45) is 1.06. The van der Waals surface area contributed by atoms with E-state index in [0.717, 1.165) is 11.4 Å². The maximum Gasteiger partial charge on any atom is 0.224 e. The molecule has 0 aliphatic carbocycles. The third-order valence-corrected chi connectivity index (χ3v) is 2.69. The standard InChI is InChI=1S/C15H24N2O3/c1-15(2,16)9-8-14(18)17-12-4-6-13(7-5-12)20-11-10-19-3/h4-7H,8-11,16H2,1-3H3,(H,17,18). The Morgan fingerprint density at radius 2 is 1.90 bits per heavy atom. The summed E-state index contributed by atoms with van der Waals surface area (Å²) in [5.74, 6) is 0.722. The van der Waals surface area contributed by atoms with Crippen LogP contribution in [0.5, 0.6) is 5.75 Å². The van der Waals surface area contributed by atoms with E-state index in [9.17, 15) is 4.79 Å². The molecular formula is C15H24N2O3. The van der Waals surface area contributed by atoms with Gasteiger partial charge in [0, 0.05) is 24.8 Å². The lowest BCUT2D eigenvalue weighted by molar-refractivity contribution is -0.116. The van der Waals surface area contributed by atoms with Crippen LogP contribution in [0.2, 0.25) is 0 Å². The molecular weight excluding hydrogens is 256 g/mol. The molecule has 112 valence electrons. The van der Waals surface area contributed by atoms with E-state index in [4.69, 9.17) is 15.2 Å². The van der Waals surface area contributed by atoms with Crippen molar-refractivity contribution in [3.05, 3.63) is 24.3 Å². The maximum absolute atomic E-state index is 11.7. The average Bonchev–Trinajstić information content (AvgIpc) is 2.38. The first-order chi connectivity index (χ1) is 9.40. The fourth-order valence-corrected chi connectivity index (χ4v) is 1.54. The summed E-state index contributed by atoms with van der Waals surface area (Å²) in [7, 11) is 1.63. The van der Waals surface area contributed by atoms with Crippen LogP contribution >= 0.6 is 0 Å². The molecule has 0 unspecified atom stereocenters. The first-order valence-electron chi connectivity index (χ1n) is 6.71. The highest BCUT2D eigenvalue weighted by atomic mass is 16.5. The Balaban J connectivity index is 2.39. The molecule has 5 nitrogen and oxygen atoms in total. The number of carbonyl (C=O) groups is 1. The van der Waals surface area contributed by atoms with E-state index in [-0.39, 0.29) is 11.4 Å². The van der Waals surface area contributed by atoms with E-state index in [0.29, 0.717) is 26.1 Å².